The van der Waals surface area contributed by atoms with Crippen molar-refractivity contribution < 1.29 is 17.6 Å². The molecule has 1 amide bonds. The van der Waals surface area contributed by atoms with Gasteiger partial charge in [0.2, 0.25) is 0 Å². The predicted octanol–water partition coefficient (Wildman–Crippen LogP) is 2.98. The third-order valence-corrected chi connectivity index (χ3v) is 8.04. The molecule has 4 rings (SSSR count). The number of amidine groups is 1. The van der Waals surface area contributed by atoms with Gasteiger partial charge in [0.25, 0.3) is 5.91 Å². The second kappa shape index (κ2) is 7.33. The second-order valence-electron chi connectivity index (χ2n) is 7.10. The molecule has 146 valence electrons. The number of aryl methyl sites for hydroxylation is 1. The fourth-order valence-electron chi connectivity index (χ4n) is 3.61. The lowest BCUT2D eigenvalue weighted by molar-refractivity contribution is -0.117. The van der Waals surface area contributed by atoms with Crippen molar-refractivity contribution >= 4 is 38.4 Å². The first-order valence-corrected chi connectivity index (χ1v) is 11.6. The Kier molecular flexibility index (Phi) is 5.01. The molecule has 0 saturated carbocycles. The molecule has 0 unspecified atom stereocenters. The molecule has 2 aromatic rings. The summed E-state index contributed by atoms with van der Waals surface area (Å²) in [5.74, 6) is -0.596. The zero-order valence-electron chi connectivity index (χ0n) is 15.2. The van der Waals surface area contributed by atoms with E-state index in [4.69, 9.17) is 0 Å². The number of sulfone groups is 1. The first-order chi connectivity index (χ1) is 13.3. The van der Waals surface area contributed by atoms with Gasteiger partial charge < -0.3 is 4.90 Å². The number of fused-ring (bicyclic) bond motifs is 1. The van der Waals surface area contributed by atoms with E-state index in [0.29, 0.717) is 10.9 Å². The van der Waals surface area contributed by atoms with Crippen LogP contribution in [0.1, 0.15) is 11.1 Å². The van der Waals surface area contributed by atoms with Gasteiger partial charge in [0.15, 0.2) is 15.0 Å². The molecule has 0 spiro atoms. The number of nitrogens with zero attached hydrogens (tertiary/aromatic N) is 2. The third kappa shape index (κ3) is 3.98. The minimum atomic E-state index is -3.14. The molecule has 5 nitrogen and oxygen atoms in total. The molecule has 2 aliphatic heterocycles. The second-order valence-corrected chi connectivity index (χ2v) is 10.5. The lowest BCUT2D eigenvalue weighted by atomic mass is 10.1. The van der Waals surface area contributed by atoms with Gasteiger partial charge in [0, 0.05) is 10.9 Å². The van der Waals surface area contributed by atoms with Crippen LogP contribution >= 0.6 is 11.8 Å². The Morgan fingerprint density at radius 2 is 1.96 bits per heavy atom. The molecule has 0 aromatic heterocycles. The number of carbonyl (C=O) groups is 1. The van der Waals surface area contributed by atoms with Crippen LogP contribution in [0.25, 0.3) is 0 Å². The Hall–Kier alpha value is -2.19. The zero-order valence-corrected chi connectivity index (χ0v) is 16.8. The maximum Gasteiger partial charge on any atom is 0.252 e. The molecule has 0 bridgehead atoms. The summed E-state index contributed by atoms with van der Waals surface area (Å²) < 4.78 is 37.5. The van der Waals surface area contributed by atoms with E-state index < -0.39 is 9.84 Å². The molecule has 2 fully saturated rings. The Balaban J connectivity index is 1.63. The third-order valence-electron chi connectivity index (χ3n) is 4.83. The van der Waals surface area contributed by atoms with Crippen molar-refractivity contribution in [1.82, 2.24) is 0 Å². The number of halogens is 1. The Morgan fingerprint density at radius 1 is 1.21 bits per heavy atom. The average molecular weight is 419 g/mol. The summed E-state index contributed by atoms with van der Waals surface area (Å²) >= 11 is 1.31. The summed E-state index contributed by atoms with van der Waals surface area (Å²) in [6.45, 7) is 1.96. The molecule has 28 heavy (non-hydrogen) atoms. The number of benzene rings is 2. The molecule has 2 aliphatic rings. The monoisotopic (exact) mass is 418 g/mol. The molecule has 0 aliphatic carbocycles. The lowest BCUT2D eigenvalue weighted by Gasteiger charge is -2.24. The van der Waals surface area contributed by atoms with Crippen LogP contribution in [-0.2, 0) is 21.1 Å². The van der Waals surface area contributed by atoms with Gasteiger partial charge in [-0.25, -0.2) is 12.8 Å². The van der Waals surface area contributed by atoms with Gasteiger partial charge >= 0.3 is 0 Å². The lowest BCUT2D eigenvalue weighted by Crippen LogP contribution is -2.37. The van der Waals surface area contributed by atoms with E-state index in [1.54, 1.807) is 17.0 Å². The summed E-state index contributed by atoms with van der Waals surface area (Å²) in [5, 5.41) is 0.301. The predicted molar refractivity (Wildman–Crippen MR) is 110 cm³/mol. The number of hydrogen-bond donors (Lipinski definition) is 0. The summed E-state index contributed by atoms with van der Waals surface area (Å²) in [4.78, 5) is 18.6. The van der Waals surface area contributed by atoms with Crippen molar-refractivity contribution in [3.63, 3.8) is 0 Å². The summed E-state index contributed by atoms with van der Waals surface area (Å²) in [6, 6.07) is 13.2. The summed E-state index contributed by atoms with van der Waals surface area (Å²) in [7, 11) is -3.14. The van der Waals surface area contributed by atoms with Gasteiger partial charge in [-0.1, -0.05) is 41.6 Å². The standard InChI is InChI=1S/C20H19FN2O3S2/c1-13-3-2-4-14(9-13)10-19(24)22-20-23(16-7-5-15(21)6-8-16)17-11-28(25,26)12-18(17)27-20/h2-9,17-18H,10-12H2,1H3/t17-,18-/m1/s1. The Labute approximate surface area is 167 Å². The maximum absolute atomic E-state index is 13.3. The number of hydrogen-bond acceptors (Lipinski definition) is 4. The fourth-order valence-corrected chi connectivity index (χ4v) is 7.54. The van der Waals surface area contributed by atoms with Gasteiger partial charge in [0.05, 0.1) is 24.0 Å². The van der Waals surface area contributed by atoms with E-state index in [1.807, 2.05) is 31.2 Å². The fraction of sp³-hybridized carbons (Fsp3) is 0.300. The molecular weight excluding hydrogens is 399 g/mol. The van der Waals surface area contributed by atoms with Gasteiger partial charge in [-0.3, -0.25) is 4.79 Å². The van der Waals surface area contributed by atoms with Crippen LogP contribution in [0.3, 0.4) is 0 Å². The van der Waals surface area contributed by atoms with E-state index in [9.17, 15) is 17.6 Å². The molecule has 0 N–H and O–H groups in total. The normalized spacial score (nSPS) is 24.5. The molecule has 2 aromatic carbocycles. The molecule has 0 radical (unpaired) electrons. The van der Waals surface area contributed by atoms with Gasteiger partial charge in [-0.05, 0) is 36.8 Å². The Morgan fingerprint density at radius 3 is 2.68 bits per heavy atom. The SMILES string of the molecule is Cc1cccc(CC(=O)N=C2S[C@@H]3CS(=O)(=O)C[C@H]3N2c2ccc(F)cc2)c1. The van der Waals surface area contributed by atoms with Crippen molar-refractivity contribution in [2.45, 2.75) is 24.6 Å². The quantitative estimate of drug-likeness (QED) is 0.767. The van der Waals surface area contributed by atoms with Crippen molar-refractivity contribution in [2.75, 3.05) is 16.4 Å². The van der Waals surface area contributed by atoms with Crippen molar-refractivity contribution in [2.24, 2.45) is 4.99 Å². The first-order valence-electron chi connectivity index (χ1n) is 8.90. The number of amides is 1. The smallest absolute Gasteiger partial charge is 0.252 e. The minimum absolute atomic E-state index is 0.00708. The van der Waals surface area contributed by atoms with Crippen LogP contribution in [-0.4, -0.2) is 42.3 Å². The molecule has 2 saturated heterocycles. The number of anilines is 1. The van der Waals surface area contributed by atoms with E-state index >= 15 is 0 Å². The van der Waals surface area contributed by atoms with E-state index in [2.05, 4.69) is 4.99 Å². The van der Waals surface area contributed by atoms with Crippen LogP contribution in [0.4, 0.5) is 10.1 Å². The summed E-state index contributed by atoms with van der Waals surface area (Å²) in [5.41, 5.74) is 2.59. The zero-order chi connectivity index (χ0) is 19.9. The van der Waals surface area contributed by atoms with E-state index in [-0.39, 0.29) is 40.9 Å². The Bertz CT molecular complexity index is 1050. The van der Waals surface area contributed by atoms with Crippen LogP contribution in [0.5, 0.6) is 0 Å². The largest absolute Gasteiger partial charge is 0.316 e. The minimum Gasteiger partial charge on any atom is -0.316 e. The molecule has 2 heterocycles. The highest BCUT2D eigenvalue weighted by molar-refractivity contribution is 8.16. The van der Waals surface area contributed by atoms with Crippen molar-refractivity contribution in [3.05, 3.63) is 65.5 Å². The highest BCUT2D eigenvalue weighted by Gasteiger charge is 2.49. The molecule has 8 heteroatoms. The number of rotatable bonds is 3. The highest BCUT2D eigenvalue weighted by atomic mass is 32.2. The summed E-state index contributed by atoms with van der Waals surface area (Å²) in [6.07, 6.45) is 0.177. The number of aliphatic imine (C=N–C) groups is 1. The van der Waals surface area contributed by atoms with Crippen LogP contribution < -0.4 is 4.90 Å². The number of thioether (sulfide) groups is 1. The van der Waals surface area contributed by atoms with Crippen LogP contribution in [0.2, 0.25) is 0 Å². The van der Waals surface area contributed by atoms with Gasteiger partial charge in [0.1, 0.15) is 5.82 Å². The maximum atomic E-state index is 13.3. The van der Waals surface area contributed by atoms with Crippen LogP contribution in [0.15, 0.2) is 53.5 Å². The van der Waals surface area contributed by atoms with Crippen molar-refractivity contribution in [1.29, 1.82) is 0 Å². The molecule has 2 atom stereocenters. The van der Waals surface area contributed by atoms with Gasteiger partial charge in [-0.2, -0.15) is 4.99 Å². The average Bonchev–Trinajstić information content (AvgIpc) is 3.06. The van der Waals surface area contributed by atoms with Crippen molar-refractivity contribution in [3.8, 4) is 0 Å². The van der Waals surface area contributed by atoms with E-state index in [0.717, 1.165) is 11.1 Å². The first kappa shape index (κ1) is 19.1. The highest BCUT2D eigenvalue weighted by Crippen LogP contribution is 2.41. The van der Waals surface area contributed by atoms with E-state index in [1.165, 1.54) is 23.9 Å². The van der Waals surface area contributed by atoms with Crippen LogP contribution in [0, 0.1) is 12.7 Å². The number of carbonyl (C=O) groups excluding carboxylic acids is 1. The van der Waals surface area contributed by atoms with Gasteiger partial charge in [-0.15, -0.1) is 0 Å². The molecular formula is C20H19FN2O3S2. The topological polar surface area (TPSA) is 66.8 Å².